The quantitative estimate of drug-likeness (QED) is 0.665. The van der Waals surface area contributed by atoms with Crippen LogP contribution in [0.5, 0.6) is 0 Å². The number of nitro groups is 1. The van der Waals surface area contributed by atoms with Crippen LogP contribution in [-0.2, 0) is 0 Å². The molecule has 7 nitrogen and oxygen atoms in total. The van der Waals surface area contributed by atoms with Gasteiger partial charge in [-0.25, -0.2) is 4.39 Å². The van der Waals surface area contributed by atoms with E-state index in [9.17, 15) is 24.1 Å². The van der Waals surface area contributed by atoms with Gasteiger partial charge in [-0.1, -0.05) is 12.1 Å². The normalized spacial score (nSPS) is 11.7. The Morgan fingerprint density at radius 2 is 2.00 bits per heavy atom. The van der Waals surface area contributed by atoms with E-state index >= 15 is 0 Å². The molecule has 0 saturated heterocycles. The van der Waals surface area contributed by atoms with Gasteiger partial charge in [0.1, 0.15) is 11.4 Å². The van der Waals surface area contributed by atoms with Crippen LogP contribution in [0.3, 0.4) is 0 Å². The Morgan fingerprint density at radius 1 is 1.36 bits per heavy atom. The molecule has 0 aliphatic heterocycles. The summed E-state index contributed by atoms with van der Waals surface area (Å²) in [5.41, 5.74) is -0.839. The molecule has 2 N–H and O–H groups in total. The topological polar surface area (TPSA) is 105 Å². The monoisotopic (exact) mass is 305 g/mol. The highest BCUT2D eigenvalue weighted by Crippen LogP contribution is 2.14. The zero-order valence-electron chi connectivity index (χ0n) is 11.5. The molecule has 0 fully saturated rings. The summed E-state index contributed by atoms with van der Waals surface area (Å²) < 4.78 is 12.9. The number of hydrogen-bond donors (Lipinski definition) is 2. The number of halogens is 1. The maximum atomic E-state index is 12.9. The second-order valence-electron chi connectivity index (χ2n) is 4.60. The number of carbonyl (C=O) groups is 1. The van der Waals surface area contributed by atoms with Crippen LogP contribution in [0.25, 0.3) is 0 Å². The number of nitrogens with zero attached hydrogens (tertiary/aromatic N) is 1. The van der Waals surface area contributed by atoms with E-state index in [1.165, 1.54) is 24.3 Å². The average Bonchev–Trinajstić information content (AvgIpc) is 2.47. The zero-order valence-corrected chi connectivity index (χ0v) is 11.5. The number of benzene rings is 1. The summed E-state index contributed by atoms with van der Waals surface area (Å²) in [5.74, 6) is -1.15. The van der Waals surface area contributed by atoms with E-state index in [0.29, 0.717) is 5.56 Å². The highest BCUT2D eigenvalue weighted by Gasteiger charge is 2.18. The molecular weight excluding hydrogens is 293 g/mol. The van der Waals surface area contributed by atoms with Gasteiger partial charge in [-0.15, -0.1) is 0 Å². The van der Waals surface area contributed by atoms with Gasteiger partial charge in [0, 0.05) is 6.07 Å². The Bertz CT molecular complexity index is 770. The number of nitrogens with one attached hydrogen (secondary N) is 2. The lowest BCUT2D eigenvalue weighted by atomic mass is 10.1. The third-order valence-electron chi connectivity index (χ3n) is 3.06. The van der Waals surface area contributed by atoms with E-state index in [1.807, 2.05) is 0 Å². The molecule has 0 radical (unpaired) electrons. The predicted octanol–water partition coefficient (Wildman–Crippen LogP) is 1.91. The minimum Gasteiger partial charge on any atom is -0.345 e. The average molecular weight is 305 g/mol. The van der Waals surface area contributed by atoms with Crippen LogP contribution in [0.1, 0.15) is 28.9 Å². The highest BCUT2D eigenvalue weighted by atomic mass is 19.1. The van der Waals surface area contributed by atoms with E-state index < -0.39 is 28.2 Å². The third-order valence-corrected chi connectivity index (χ3v) is 3.06. The maximum absolute atomic E-state index is 12.9. The molecular formula is C14H12FN3O4. The Morgan fingerprint density at radius 3 is 2.59 bits per heavy atom. The molecule has 8 heteroatoms. The van der Waals surface area contributed by atoms with Crippen molar-refractivity contribution in [2.45, 2.75) is 13.0 Å². The van der Waals surface area contributed by atoms with Crippen molar-refractivity contribution in [2.24, 2.45) is 0 Å². The van der Waals surface area contributed by atoms with Crippen molar-refractivity contribution in [3.8, 4) is 0 Å². The van der Waals surface area contributed by atoms with Crippen molar-refractivity contribution in [3.05, 3.63) is 73.9 Å². The van der Waals surface area contributed by atoms with E-state index in [2.05, 4.69) is 10.3 Å². The molecule has 1 amide bonds. The van der Waals surface area contributed by atoms with Gasteiger partial charge in [0.25, 0.3) is 17.2 Å². The lowest BCUT2D eigenvalue weighted by Gasteiger charge is -2.14. The number of carbonyl (C=O) groups excluding carboxylic acids is 1. The summed E-state index contributed by atoms with van der Waals surface area (Å²) in [6.07, 6.45) is 0.919. The zero-order chi connectivity index (χ0) is 16.3. The number of amides is 1. The second-order valence-corrected chi connectivity index (χ2v) is 4.60. The molecule has 114 valence electrons. The lowest BCUT2D eigenvalue weighted by molar-refractivity contribution is -0.385. The molecule has 0 bridgehead atoms. The summed E-state index contributed by atoms with van der Waals surface area (Å²) in [4.78, 5) is 35.8. The van der Waals surface area contributed by atoms with Gasteiger partial charge in [0.05, 0.1) is 17.2 Å². The van der Waals surface area contributed by atoms with Gasteiger partial charge >= 0.3 is 0 Å². The van der Waals surface area contributed by atoms with E-state index in [0.717, 1.165) is 12.3 Å². The molecule has 0 saturated carbocycles. The van der Waals surface area contributed by atoms with Crippen LogP contribution < -0.4 is 10.9 Å². The van der Waals surface area contributed by atoms with Crippen molar-refractivity contribution in [2.75, 3.05) is 0 Å². The van der Waals surface area contributed by atoms with Gasteiger partial charge in [-0.2, -0.15) is 0 Å². The van der Waals surface area contributed by atoms with Crippen LogP contribution in [-0.4, -0.2) is 15.8 Å². The molecule has 0 aliphatic rings. The van der Waals surface area contributed by atoms with Gasteiger partial charge in [-0.05, 0) is 24.6 Å². The number of pyridine rings is 1. The van der Waals surface area contributed by atoms with Crippen LogP contribution in [0.15, 0.2) is 41.3 Å². The first-order chi connectivity index (χ1) is 10.4. The smallest absolute Gasteiger partial charge is 0.286 e. The summed E-state index contributed by atoms with van der Waals surface area (Å²) in [6, 6.07) is 5.91. The van der Waals surface area contributed by atoms with Gasteiger partial charge in [0.15, 0.2) is 0 Å². The molecule has 1 aromatic carbocycles. The maximum Gasteiger partial charge on any atom is 0.286 e. The van der Waals surface area contributed by atoms with Crippen molar-refractivity contribution in [1.29, 1.82) is 0 Å². The molecule has 1 aromatic heterocycles. The lowest BCUT2D eigenvalue weighted by Crippen LogP contribution is -2.31. The largest absolute Gasteiger partial charge is 0.345 e. The van der Waals surface area contributed by atoms with Crippen LogP contribution >= 0.6 is 0 Å². The first kappa shape index (κ1) is 15.4. The molecule has 1 unspecified atom stereocenters. The standard InChI is InChI=1S/C14H12FN3O4/c1-8(9-2-4-10(15)5-3-9)17-14(20)12-6-11(18(21)22)7-16-13(12)19/h2-8H,1H3,(H,16,19)(H,17,20). The Labute approximate surface area is 123 Å². The molecule has 1 heterocycles. The van der Waals surface area contributed by atoms with Gasteiger partial charge in [-0.3, -0.25) is 19.7 Å². The fraction of sp³-hybridized carbons (Fsp3) is 0.143. The van der Waals surface area contributed by atoms with Crippen LogP contribution in [0.4, 0.5) is 10.1 Å². The second kappa shape index (κ2) is 6.17. The summed E-state index contributed by atoms with van der Waals surface area (Å²) in [5, 5.41) is 13.2. The molecule has 0 spiro atoms. The minimum absolute atomic E-state index is 0.358. The van der Waals surface area contributed by atoms with E-state index in [-0.39, 0.29) is 11.3 Å². The van der Waals surface area contributed by atoms with E-state index in [1.54, 1.807) is 6.92 Å². The van der Waals surface area contributed by atoms with Gasteiger partial charge in [0.2, 0.25) is 0 Å². The first-order valence-corrected chi connectivity index (χ1v) is 6.32. The molecule has 2 rings (SSSR count). The molecule has 1 atom stereocenters. The third kappa shape index (κ3) is 3.35. The van der Waals surface area contributed by atoms with Crippen molar-refractivity contribution >= 4 is 11.6 Å². The summed E-state index contributed by atoms with van der Waals surface area (Å²) in [6.45, 7) is 1.65. The molecule has 22 heavy (non-hydrogen) atoms. The van der Waals surface area contributed by atoms with Gasteiger partial charge < -0.3 is 10.3 Å². The minimum atomic E-state index is -0.748. The van der Waals surface area contributed by atoms with Crippen LogP contribution in [0, 0.1) is 15.9 Å². The Hall–Kier alpha value is -3.03. The van der Waals surface area contributed by atoms with Crippen LogP contribution in [0.2, 0.25) is 0 Å². The predicted molar refractivity (Wildman–Crippen MR) is 76.0 cm³/mol. The van der Waals surface area contributed by atoms with Crippen molar-refractivity contribution in [1.82, 2.24) is 10.3 Å². The van der Waals surface area contributed by atoms with E-state index in [4.69, 9.17) is 0 Å². The Kier molecular flexibility index (Phi) is 4.31. The number of H-pyrrole nitrogens is 1. The van der Waals surface area contributed by atoms with Crippen molar-refractivity contribution in [3.63, 3.8) is 0 Å². The number of aromatic nitrogens is 1. The molecule has 2 aromatic rings. The number of aromatic amines is 1. The summed E-state index contributed by atoms with van der Waals surface area (Å²) >= 11 is 0. The molecule has 0 aliphatic carbocycles. The number of hydrogen-bond acceptors (Lipinski definition) is 4. The SMILES string of the molecule is CC(NC(=O)c1cc([N+](=O)[O-])c[nH]c1=O)c1ccc(F)cc1. The fourth-order valence-electron chi connectivity index (χ4n) is 1.86. The Balaban J connectivity index is 2.21. The number of rotatable bonds is 4. The van der Waals surface area contributed by atoms with Crippen molar-refractivity contribution < 1.29 is 14.1 Å². The summed E-state index contributed by atoms with van der Waals surface area (Å²) in [7, 11) is 0. The first-order valence-electron chi connectivity index (χ1n) is 6.32. The fourth-order valence-corrected chi connectivity index (χ4v) is 1.86. The highest BCUT2D eigenvalue weighted by molar-refractivity contribution is 5.94.